The molecule has 0 aliphatic carbocycles. The van der Waals surface area contributed by atoms with Crippen molar-refractivity contribution in [2.75, 3.05) is 6.61 Å². The molecule has 2 aromatic rings. The Labute approximate surface area is 112 Å². The number of hydrogen-bond acceptors (Lipinski definition) is 4. The minimum absolute atomic E-state index is 0.0801. The van der Waals surface area contributed by atoms with Gasteiger partial charge in [0.2, 0.25) is 0 Å². The van der Waals surface area contributed by atoms with Crippen molar-refractivity contribution >= 4 is 0 Å². The molecule has 0 aliphatic rings. The van der Waals surface area contributed by atoms with Gasteiger partial charge in [-0.1, -0.05) is 18.2 Å². The number of aliphatic hydroxyl groups is 1. The van der Waals surface area contributed by atoms with Crippen LogP contribution in [-0.4, -0.2) is 16.7 Å². The Morgan fingerprint density at radius 1 is 1.16 bits per heavy atom. The maximum Gasteiger partial charge on any atom is 0.167 e. The van der Waals surface area contributed by atoms with E-state index in [-0.39, 0.29) is 6.61 Å². The molecule has 0 atom stereocenters. The summed E-state index contributed by atoms with van der Waals surface area (Å²) in [5, 5.41) is 9.36. The minimum Gasteiger partial charge on any atom is -0.490 e. The molecule has 0 saturated heterocycles. The van der Waals surface area contributed by atoms with Crippen molar-refractivity contribution in [1.82, 2.24) is 4.98 Å². The number of para-hydroxylation sites is 1. The fourth-order valence-corrected chi connectivity index (χ4v) is 1.76. The highest BCUT2D eigenvalue weighted by Gasteiger charge is 2.10. The van der Waals surface area contributed by atoms with Crippen molar-refractivity contribution in [3.05, 3.63) is 53.9 Å². The molecule has 1 aromatic heterocycles. The molecule has 1 N–H and O–H groups in total. The first-order chi connectivity index (χ1) is 9.35. The highest BCUT2D eigenvalue weighted by Crippen LogP contribution is 2.32. The highest BCUT2D eigenvalue weighted by atomic mass is 16.5. The molecular weight excluding hydrogens is 242 g/mol. The van der Waals surface area contributed by atoms with E-state index in [1.165, 1.54) is 0 Å². The van der Waals surface area contributed by atoms with Gasteiger partial charge in [-0.15, -0.1) is 0 Å². The van der Waals surface area contributed by atoms with Crippen LogP contribution in [0.4, 0.5) is 0 Å². The van der Waals surface area contributed by atoms with Gasteiger partial charge in [-0.05, 0) is 19.1 Å². The molecule has 4 heteroatoms. The Bertz CT molecular complexity index is 514. The van der Waals surface area contributed by atoms with E-state index in [2.05, 4.69) is 4.98 Å². The minimum atomic E-state index is -0.0801. The molecule has 0 aliphatic heterocycles. The second-order valence-corrected chi connectivity index (χ2v) is 3.99. The maximum atomic E-state index is 9.36. The summed E-state index contributed by atoms with van der Waals surface area (Å²) in [6.07, 6.45) is 3.47. The van der Waals surface area contributed by atoms with Crippen LogP contribution in [0.25, 0.3) is 0 Å². The first-order valence-corrected chi connectivity index (χ1v) is 6.22. The van der Waals surface area contributed by atoms with Crippen LogP contribution in [0.5, 0.6) is 11.5 Å². The van der Waals surface area contributed by atoms with Crippen molar-refractivity contribution < 1.29 is 14.6 Å². The topological polar surface area (TPSA) is 51.6 Å². The predicted molar refractivity (Wildman–Crippen MR) is 72.1 cm³/mol. The van der Waals surface area contributed by atoms with Crippen molar-refractivity contribution in [3.8, 4) is 11.5 Å². The summed E-state index contributed by atoms with van der Waals surface area (Å²) in [7, 11) is 0. The standard InChI is InChI=1S/C15H17NO3/c1-2-18-14-7-3-6-13(10-17)15(14)19-11-12-5-4-8-16-9-12/h3-9,17H,2,10-11H2,1H3. The third-order valence-corrected chi connectivity index (χ3v) is 2.64. The van der Waals surface area contributed by atoms with Crippen LogP contribution in [0.15, 0.2) is 42.7 Å². The predicted octanol–water partition coefficient (Wildman–Crippen LogP) is 2.55. The molecule has 4 nitrogen and oxygen atoms in total. The zero-order valence-corrected chi connectivity index (χ0v) is 10.9. The van der Waals surface area contributed by atoms with Gasteiger partial charge >= 0.3 is 0 Å². The van der Waals surface area contributed by atoms with E-state index in [1.54, 1.807) is 12.4 Å². The van der Waals surface area contributed by atoms with Crippen molar-refractivity contribution in [2.24, 2.45) is 0 Å². The van der Waals surface area contributed by atoms with Gasteiger partial charge in [-0.25, -0.2) is 0 Å². The molecule has 0 bridgehead atoms. The molecule has 0 amide bonds. The van der Waals surface area contributed by atoms with E-state index in [4.69, 9.17) is 9.47 Å². The first kappa shape index (κ1) is 13.4. The lowest BCUT2D eigenvalue weighted by Gasteiger charge is -2.14. The SMILES string of the molecule is CCOc1cccc(CO)c1OCc1cccnc1. The molecular formula is C15H17NO3. The van der Waals surface area contributed by atoms with Crippen LogP contribution in [0.3, 0.4) is 0 Å². The van der Waals surface area contributed by atoms with E-state index in [0.29, 0.717) is 24.7 Å². The van der Waals surface area contributed by atoms with Gasteiger partial charge < -0.3 is 14.6 Å². The Morgan fingerprint density at radius 3 is 2.74 bits per heavy atom. The monoisotopic (exact) mass is 259 g/mol. The van der Waals surface area contributed by atoms with Crippen LogP contribution in [0, 0.1) is 0 Å². The number of hydrogen-bond donors (Lipinski definition) is 1. The number of pyridine rings is 1. The van der Waals surface area contributed by atoms with Crippen LogP contribution >= 0.6 is 0 Å². The van der Waals surface area contributed by atoms with E-state index in [9.17, 15) is 5.11 Å². The largest absolute Gasteiger partial charge is 0.490 e. The number of aliphatic hydroxyl groups excluding tert-OH is 1. The number of rotatable bonds is 6. The Balaban J connectivity index is 2.17. The van der Waals surface area contributed by atoms with Crippen LogP contribution in [0.1, 0.15) is 18.1 Å². The molecule has 0 unspecified atom stereocenters. The Morgan fingerprint density at radius 2 is 2.05 bits per heavy atom. The molecule has 2 rings (SSSR count). The molecule has 0 saturated carbocycles. The summed E-state index contributed by atoms with van der Waals surface area (Å²) < 4.78 is 11.3. The summed E-state index contributed by atoms with van der Waals surface area (Å²) >= 11 is 0. The highest BCUT2D eigenvalue weighted by molar-refractivity contribution is 5.46. The van der Waals surface area contributed by atoms with Crippen molar-refractivity contribution in [1.29, 1.82) is 0 Å². The van der Waals surface area contributed by atoms with Gasteiger partial charge in [0.05, 0.1) is 13.2 Å². The second kappa shape index (κ2) is 6.75. The summed E-state index contributed by atoms with van der Waals surface area (Å²) in [5.41, 5.74) is 1.69. The summed E-state index contributed by atoms with van der Waals surface area (Å²) in [6.45, 7) is 2.78. The average Bonchev–Trinajstić information content (AvgIpc) is 2.47. The zero-order chi connectivity index (χ0) is 13.5. The lowest BCUT2D eigenvalue weighted by Crippen LogP contribution is -2.02. The Hall–Kier alpha value is -2.07. The molecule has 1 heterocycles. The summed E-state index contributed by atoms with van der Waals surface area (Å²) in [4.78, 5) is 4.04. The van der Waals surface area contributed by atoms with E-state index >= 15 is 0 Å². The molecule has 0 radical (unpaired) electrons. The first-order valence-electron chi connectivity index (χ1n) is 6.22. The lowest BCUT2D eigenvalue weighted by molar-refractivity contribution is 0.243. The van der Waals surface area contributed by atoms with E-state index in [0.717, 1.165) is 11.1 Å². The quantitative estimate of drug-likeness (QED) is 0.866. The molecule has 19 heavy (non-hydrogen) atoms. The van der Waals surface area contributed by atoms with Gasteiger partial charge in [0.15, 0.2) is 11.5 Å². The fraction of sp³-hybridized carbons (Fsp3) is 0.267. The lowest BCUT2D eigenvalue weighted by atomic mass is 10.2. The smallest absolute Gasteiger partial charge is 0.167 e. The van der Waals surface area contributed by atoms with E-state index in [1.807, 2.05) is 37.3 Å². The average molecular weight is 259 g/mol. The van der Waals surface area contributed by atoms with Gasteiger partial charge in [-0.2, -0.15) is 0 Å². The number of benzene rings is 1. The zero-order valence-electron chi connectivity index (χ0n) is 10.9. The maximum absolute atomic E-state index is 9.36. The third kappa shape index (κ3) is 3.45. The summed E-state index contributed by atoms with van der Waals surface area (Å²) in [5.74, 6) is 1.24. The number of nitrogens with zero attached hydrogens (tertiary/aromatic N) is 1. The van der Waals surface area contributed by atoms with Crippen molar-refractivity contribution in [3.63, 3.8) is 0 Å². The third-order valence-electron chi connectivity index (χ3n) is 2.64. The van der Waals surface area contributed by atoms with Crippen molar-refractivity contribution in [2.45, 2.75) is 20.1 Å². The normalized spacial score (nSPS) is 10.2. The van der Waals surface area contributed by atoms with Gasteiger partial charge in [0.25, 0.3) is 0 Å². The van der Waals surface area contributed by atoms with Gasteiger partial charge in [0, 0.05) is 23.5 Å². The van der Waals surface area contributed by atoms with Gasteiger partial charge in [-0.3, -0.25) is 4.98 Å². The Kier molecular flexibility index (Phi) is 4.75. The number of aromatic nitrogens is 1. The summed E-state index contributed by atoms with van der Waals surface area (Å²) in [6, 6.07) is 9.30. The fourth-order valence-electron chi connectivity index (χ4n) is 1.76. The molecule has 0 fully saturated rings. The van der Waals surface area contributed by atoms with E-state index < -0.39 is 0 Å². The van der Waals surface area contributed by atoms with Crippen LogP contribution in [0.2, 0.25) is 0 Å². The molecule has 100 valence electrons. The molecule has 0 spiro atoms. The number of ether oxygens (including phenoxy) is 2. The van der Waals surface area contributed by atoms with Gasteiger partial charge in [0.1, 0.15) is 6.61 Å². The van der Waals surface area contributed by atoms with Crippen LogP contribution in [-0.2, 0) is 13.2 Å². The molecule has 1 aromatic carbocycles. The van der Waals surface area contributed by atoms with Crippen LogP contribution < -0.4 is 9.47 Å². The second-order valence-electron chi connectivity index (χ2n) is 3.99.